The standard InChI is InChI=1S/C8H17F2NO/c1-3-7(5-11-4-2)12-6-8(9)10/h7-8,11H,3-6H2,1-2H3. The molecule has 0 aliphatic carbocycles. The van der Waals surface area contributed by atoms with Crippen molar-refractivity contribution in [1.82, 2.24) is 5.32 Å². The van der Waals surface area contributed by atoms with Crippen molar-refractivity contribution in [3.8, 4) is 0 Å². The van der Waals surface area contributed by atoms with Crippen molar-refractivity contribution in [2.24, 2.45) is 0 Å². The third-order valence-electron chi connectivity index (χ3n) is 1.54. The van der Waals surface area contributed by atoms with E-state index in [0.717, 1.165) is 13.0 Å². The second-order valence-corrected chi connectivity index (χ2v) is 2.56. The van der Waals surface area contributed by atoms with Crippen molar-refractivity contribution in [2.45, 2.75) is 32.8 Å². The van der Waals surface area contributed by atoms with Gasteiger partial charge in [-0.05, 0) is 13.0 Å². The van der Waals surface area contributed by atoms with Crippen LogP contribution in [-0.2, 0) is 4.74 Å². The van der Waals surface area contributed by atoms with E-state index in [4.69, 9.17) is 4.74 Å². The lowest BCUT2D eigenvalue weighted by Crippen LogP contribution is -2.29. The lowest BCUT2D eigenvalue weighted by atomic mass is 10.3. The van der Waals surface area contributed by atoms with E-state index in [2.05, 4.69) is 5.32 Å². The van der Waals surface area contributed by atoms with E-state index in [-0.39, 0.29) is 6.10 Å². The minimum absolute atomic E-state index is 0.0843. The molecule has 1 atom stereocenters. The SMILES string of the molecule is CCNCC(CC)OCC(F)F. The van der Waals surface area contributed by atoms with E-state index in [0.29, 0.717) is 6.54 Å². The second kappa shape index (κ2) is 7.43. The predicted octanol–water partition coefficient (Wildman–Crippen LogP) is 1.66. The largest absolute Gasteiger partial charge is 0.371 e. The van der Waals surface area contributed by atoms with Gasteiger partial charge in [-0.2, -0.15) is 0 Å². The average Bonchev–Trinajstić information content (AvgIpc) is 2.05. The van der Waals surface area contributed by atoms with Crippen molar-refractivity contribution in [3.63, 3.8) is 0 Å². The first kappa shape index (κ1) is 11.8. The van der Waals surface area contributed by atoms with Crippen LogP contribution in [0.5, 0.6) is 0 Å². The van der Waals surface area contributed by atoms with E-state index in [1.165, 1.54) is 0 Å². The highest BCUT2D eigenvalue weighted by Gasteiger charge is 2.09. The molecule has 0 aromatic carbocycles. The maximum atomic E-state index is 11.7. The number of hydrogen-bond acceptors (Lipinski definition) is 2. The maximum Gasteiger partial charge on any atom is 0.261 e. The Morgan fingerprint density at radius 2 is 2.00 bits per heavy atom. The van der Waals surface area contributed by atoms with Gasteiger partial charge in [-0.15, -0.1) is 0 Å². The molecule has 0 fully saturated rings. The Kier molecular flexibility index (Phi) is 7.29. The molecule has 0 aliphatic rings. The van der Waals surface area contributed by atoms with Gasteiger partial charge >= 0.3 is 0 Å². The molecule has 0 aromatic rings. The summed E-state index contributed by atoms with van der Waals surface area (Å²) in [4.78, 5) is 0. The summed E-state index contributed by atoms with van der Waals surface area (Å²) in [5.74, 6) is 0. The van der Waals surface area contributed by atoms with Crippen LogP contribution < -0.4 is 5.32 Å². The van der Waals surface area contributed by atoms with Crippen molar-refractivity contribution in [3.05, 3.63) is 0 Å². The van der Waals surface area contributed by atoms with Gasteiger partial charge in [-0.25, -0.2) is 8.78 Å². The summed E-state index contributed by atoms with van der Waals surface area (Å²) >= 11 is 0. The van der Waals surface area contributed by atoms with E-state index in [1.54, 1.807) is 0 Å². The van der Waals surface area contributed by atoms with Crippen LogP contribution in [0.4, 0.5) is 8.78 Å². The molecule has 0 heterocycles. The smallest absolute Gasteiger partial charge is 0.261 e. The van der Waals surface area contributed by atoms with E-state index >= 15 is 0 Å². The molecule has 4 heteroatoms. The van der Waals surface area contributed by atoms with Crippen molar-refractivity contribution in [1.29, 1.82) is 0 Å². The molecule has 1 unspecified atom stereocenters. The molecule has 2 nitrogen and oxygen atoms in total. The van der Waals surface area contributed by atoms with Gasteiger partial charge in [-0.3, -0.25) is 0 Å². The molecule has 0 saturated carbocycles. The molecule has 74 valence electrons. The van der Waals surface area contributed by atoms with Crippen molar-refractivity contribution < 1.29 is 13.5 Å². The minimum Gasteiger partial charge on any atom is -0.371 e. The molecular formula is C8H17F2NO. The Morgan fingerprint density at radius 3 is 2.42 bits per heavy atom. The van der Waals surface area contributed by atoms with Crippen LogP contribution in [0.3, 0.4) is 0 Å². The third kappa shape index (κ3) is 6.49. The summed E-state index contributed by atoms with van der Waals surface area (Å²) in [6.45, 7) is 4.94. The van der Waals surface area contributed by atoms with E-state index in [1.807, 2.05) is 13.8 Å². The van der Waals surface area contributed by atoms with Crippen molar-refractivity contribution in [2.75, 3.05) is 19.7 Å². The normalized spacial score (nSPS) is 13.8. The fourth-order valence-electron chi connectivity index (χ4n) is 0.835. The summed E-state index contributed by atoms with van der Waals surface area (Å²) in [5, 5.41) is 3.05. The lowest BCUT2D eigenvalue weighted by molar-refractivity contribution is -0.0242. The highest BCUT2D eigenvalue weighted by molar-refractivity contribution is 4.58. The number of alkyl halides is 2. The Labute approximate surface area is 72.3 Å². The number of hydrogen-bond donors (Lipinski definition) is 1. The van der Waals surface area contributed by atoms with Gasteiger partial charge in [0, 0.05) is 6.54 Å². The van der Waals surface area contributed by atoms with Crippen LogP contribution in [0.2, 0.25) is 0 Å². The number of halogens is 2. The predicted molar refractivity (Wildman–Crippen MR) is 44.6 cm³/mol. The van der Waals surface area contributed by atoms with Crippen molar-refractivity contribution >= 4 is 0 Å². The Hall–Kier alpha value is -0.220. The zero-order chi connectivity index (χ0) is 9.40. The van der Waals surface area contributed by atoms with Crippen LogP contribution in [0, 0.1) is 0 Å². The van der Waals surface area contributed by atoms with E-state index in [9.17, 15) is 8.78 Å². The third-order valence-corrected chi connectivity index (χ3v) is 1.54. The van der Waals surface area contributed by atoms with Gasteiger partial charge in [0.25, 0.3) is 6.43 Å². The first-order valence-corrected chi connectivity index (χ1v) is 4.31. The molecule has 0 aliphatic heterocycles. The van der Waals surface area contributed by atoms with Crippen LogP contribution in [0.25, 0.3) is 0 Å². The lowest BCUT2D eigenvalue weighted by Gasteiger charge is -2.15. The van der Waals surface area contributed by atoms with Crippen LogP contribution in [-0.4, -0.2) is 32.2 Å². The Balaban J connectivity index is 3.39. The second-order valence-electron chi connectivity index (χ2n) is 2.56. The zero-order valence-electron chi connectivity index (χ0n) is 7.65. The highest BCUT2D eigenvalue weighted by atomic mass is 19.3. The summed E-state index contributed by atoms with van der Waals surface area (Å²) < 4.78 is 28.4. The molecule has 0 rings (SSSR count). The summed E-state index contributed by atoms with van der Waals surface area (Å²) in [6.07, 6.45) is -1.68. The molecule has 0 spiro atoms. The van der Waals surface area contributed by atoms with Gasteiger partial charge in [-0.1, -0.05) is 13.8 Å². The monoisotopic (exact) mass is 181 g/mol. The molecule has 0 radical (unpaired) electrons. The zero-order valence-corrected chi connectivity index (χ0v) is 7.65. The number of rotatable bonds is 7. The molecule has 0 bridgehead atoms. The topological polar surface area (TPSA) is 21.3 Å². The first-order valence-electron chi connectivity index (χ1n) is 4.31. The molecule has 0 aromatic heterocycles. The van der Waals surface area contributed by atoms with Crippen LogP contribution >= 0.6 is 0 Å². The maximum absolute atomic E-state index is 11.7. The Bertz CT molecular complexity index is 101. The summed E-state index contributed by atoms with van der Waals surface area (Å²) in [6, 6.07) is 0. The number of likely N-dealkylation sites (N-methyl/N-ethyl adjacent to an activating group) is 1. The fourth-order valence-corrected chi connectivity index (χ4v) is 0.835. The van der Waals surface area contributed by atoms with Gasteiger partial charge in [0.15, 0.2) is 0 Å². The summed E-state index contributed by atoms with van der Waals surface area (Å²) in [5.41, 5.74) is 0. The molecule has 0 saturated heterocycles. The van der Waals surface area contributed by atoms with Gasteiger partial charge in [0.1, 0.15) is 6.61 Å². The quantitative estimate of drug-likeness (QED) is 0.645. The Morgan fingerprint density at radius 1 is 1.33 bits per heavy atom. The minimum atomic E-state index is -2.36. The summed E-state index contributed by atoms with van der Waals surface area (Å²) in [7, 11) is 0. The van der Waals surface area contributed by atoms with E-state index < -0.39 is 13.0 Å². The van der Waals surface area contributed by atoms with Gasteiger partial charge in [0.2, 0.25) is 0 Å². The number of nitrogens with one attached hydrogen (secondary N) is 1. The molecular weight excluding hydrogens is 164 g/mol. The molecule has 1 N–H and O–H groups in total. The van der Waals surface area contributed by atoms with Gasteiger partial charge < -0.3 is 10.1 Å². The average molecular weight is 181 g/mol. The molecule has 12 heavy (non-hydrogen) atoms. The fraction of sp³-hybridized carbons (Fsp3) is 1.00. The number of ether oxygens (including phenoxy) is 1. The van der Waals surface area contributed by atoms with Crippen LogP contribution in [0.15, 0.2) is 0 Å². The van der Waals surface area contributed by atoms with Crippen LogP contribution in [0.1, 0.15) is 20.3 Å². The molecule has 0 amide bonds. The van der Waals surface area contributed by atoms with Gasteiger partial charge in [0.05, 0.1) is 6.10 Å². The first-order chi connectivity index (χ1) is 5.70. The highest BCUT2D eigenvalue weighted by Crippen LogP contribution is 2.00.